The summed E-state index contributed by atoms with van der Waals surface area (Å²) in [4.78, 5) is 10.1. The molecule has 1 saturated carbocycles. The summed E-state index contributed by atoms with van der Waals surface area (Å²) in [5.74, 6) is -1.27. The molecule has 6 heteroatoms. The average Bonchev–Trinajstić information content (AvgIpc) is 2.54. The van der Waals surface area contributed by atoms with Crippen LogP contribution >= 0.6 is 0 Å². The van der Waals surface area contributed by atoms with Crippen LogP contribution in [0.15, 0.2) is 0 Å². The molecule has 0 atom stereocenters. The number of hydrogen-bond acceptors (Lipinski definition) is 6. The van der Waals surface area contributed by atoms with Gasteiger partial charge in [0.25, 0.3) is 0 Å². The van der Waals surface area contributed by atoms with E-state index in [2.05, 4.69) is 15.1 Å². The highest BCUT2D eigenvalue weighted by Gasteiger charge is 2.45. The van der Waals surface area contributed by atoms with Crippen LogP contribution in [0.3, 0.4) is 0 Å². The van der Waals surface area contributed by atoms with E-state index in [1.54, 1.807) is 0 Å². The summed E-state index contributed by atoms with van der Waals surface area (Å²) in [5, 5.41) is 12.9. The van der Waals surface area contributed by atoms with Crippen LogP contribution < -0.4 is 0 Å². The quantitative estimate of drug-likeness (QED) is 0.631. The molecule has 1 aliphatic carbocycles. The van der Waals surface area contributed by atoms with E-state index in [0.29, 0.717) is 13.0 Å². The second kappa shape index (κ2) is 6.03. The monoisotopic (exact) mass is 274 g/mol. The van der Waals surface area contributed by atoms with Crippen molar-refractivity contribution in [3.63, 3.8) is 0 Å². The first kappa shape index (κ1) is 13.7. The zero-order valence-corrected chi connectivity index (χ0v) is 11.2. The van der Waals surface area contributed by atoms with Crippen molar-refractivity contribution < 1.29 is 29.6 Å². The zero-order valence-electron chi connectivity index (χ0n) is 11.2. The predicted molar refractivity (Wildman–Crippen MR) is 62.7 cm³/mol. The third-order valence-corrected chi connectivity index (χ3v) is 4.58. The lowest BCUT2D eigenvalue weighted by Crippen LogP contribution is -2.45. The van der Waals surface area contributed by atoms with Crippen LogP contribution in [-0.4, -0.2) is 12.6 Å². The molecule has 6 nitrogen and oxygen atoms in total. The summed E-state index contributed by atoms with van der Waals surface area (Å²) in [6.45, 7) is 0.625. The molecule has 0 N–H and O–H groups in total. The Hall–Kier alpha value is -0.240. The van der Waals surface area contributed by atoms with E-state index in [1.807, 2.05) is 0 Å². The molecular weight excluding hydrogens is 252 g/mol. The van der Waals surface area contributed by atoms with Crippen molar-refractivity contribution in [1.82, 2.24) is 0 Å². The van der Waals surface area contributed by atoms with Crippen LogP contribution in [0, 0.1) is 5.41 Å². The van der Waals surface area contributed by atoms with Crippen molar-refractivity contribution in [3.8, 4) is 0 Å². The van der Waals surface area contributed by atoms with E-state index in [9.17, 15) is 0 Å². The van der Waals surface area contributed by atoms with Crippen molar-refractivity contribution in [2.75, 3.05) is 6.61 Å². The maximum Gasteiger partial charge on any atom is 0.346 e. The van der Waals surface area contributed by atoms with Gasteiger partial charge < -0.3 is 4.74 Å². The van der Waals surface area contributed by atoms with Gasteiger partial charge in [-0.2, -0.15) is 0 Å². The number of hydrogen-bond donors (Lipinski definition) is 0. The minimum Gasteiger partial charge on any atom is -0.323 e. The summed E-state index contributed by atoms with van der Waals surface area (Å²) in [6, 6.07) is 0. The number of rotatable bonds is 0. The van der Waals surface area contributed by atoms with Crippen LogP contribution in [0.5, 0.6) is 0 Å². The molecule has 2 heterocycles. The third-order valence-electron chi connectivity index (χ3n) is 4.58. The summed E-state index contributed by atoms with van der Waals surface area (Å²) in [6.07, 6.45) is 11.5. The van der Waals surface area contributed by atoms with Crippen LogP contribution in [-0.2, 0) is 29.6 Å². The topological polar surface area (TPSA) is 55.4 Å². The Balaban J connectivity index is 1.69. The summed E-state index contributed by atoms with van der Waals surface area (Å²) in [7, 11) is 0. The van der Waals surface area contributed by atoms with Crippen molar-refractivity contribution in [1.29, 1.82) is 0 Å². The van der Waals surface area contributed by atoms with E-state index in [-0.39, 0.29) is 5.41 Å². The molecule has 0 aromatic carbocycles. The van der Waals surface area contributed by atoms with Crippen molar-refractivity contribution >= 4 is 0 Å². The van der Waals surface area contributed by atoms with Gasteiger partial charge in [0.2, 0.25) is 0 Å². The molecule has 0 aromatic heterocycles. The Bertz CT molecular complexity index is 255. The molecular formula is C13H22O6. The molecule has 0 bridgehead atoms. The Morgan fingerprint density at radius 2 is 1.16 bits per heavy atom. The minimum atomic E-state index is -1.27. The van der Waals surface area contributed by atoms with Gasteiger partial charge in [-0.3, -0.25) is 0 Å². The van der Waals surface area contributed by atoms with E-state index in [1.165, 1.54) is 44.9 Å². The first-order chi connectivity index (χ1) is 9.33. The van der Waals surface area contributed by atoms with E-state index in [0.717, 1.165) is 12.8 Å². The van der Waals surface area contributed by atoms with E-state index >= 15 is 0 Å². The zero-order chi connectivity index (χ0) is 13.0. The molecule has 0 aromatic rings. The van der Waals surface area contributed by atoms with Crippen LogP contribution in [0.25, 0.3) is 0 Å². The fourth-order valence-electron chi connectivity index (χ4n) is 3.41. The maximum absolute atomic E-state index is 5.91. The van der Waals surface area contributed by atoms with Crippen LogP contribution in [0.4, 0.5) is 0 Å². The minimum absolute atomic E-state index is 0.264. The first-order valence-corrected chi connectivity index (χ1v) is 7.34. The van der Waals surface area contributed by atoms with Gasteiger partial charge in [-0.25, -0.2) is 0 Å². The molecule has 3 rings (SSSR count). The van der Waals surface area contributed by atoms with Crippen molar-refractivity contribution in [3.05, 3.63) is 0 Å². The molecule has 2 aliphatic heterocycles. The molecule has 2 saturated heterocycles. The first-order valence-electron chi connectivity index (χ1n) is 7.34. The Morgan fingerprint density at radius 1 is 0.579 bits per heavy atom. The molecule has 19 heavy (non-hydrogen) atoms. The second-order valence-electron chi connectivity index (χ2n) is 5.96. The van der Waals surface area contributed by atoms with Gasteiger partial charge in [0, 0.05) is 6.42 Å². The normalized spacial score (nSPS) is 31.6. The maximum atomic E-state index is 5.91. The molecule has 3 fully saturated rings. The number of ether oxygens (including phenoxy) is 1. The highest BCUT2D eigenvalue weighted by atomic mass is 17.8. The fourth-order valence-corrected chi connectivity index (χ4v) is 3.41. The average molecular weight is 274 g/mol. The van der Waals surface area contributed by atoms with Gasteiger partial charge in [-0.15, -0.1) is 9.78 Å². The third kappa shape index (κ3) is 3.26. The largest absolute Gasteiger partial charge is 0.346 e. The lowest BCUT2D eigenvalue weighted by atomic mass is 9.71. The predicted octanol–water partition coefficient (Wildman–Crippen LogP) is 3.33. The van der Waals surface area contributed by atoms with E-state index < -0.39 is 5.97 Å². The molecule has 110 valence electrons. The van der Waals surface area contributed by atoms with Gasteiger partial charge in [-0.05, 0) is 46.2 Å². The Kier molecular flexibility index (Phi) is 4.36. The molecule has 0 amide bonds. The van der Waals surface area contributed by atoms with Gasteiger partial charge >= 0.3 is 5.97 Å². The van der Waals surface area contributed by atoms with Crippen molar-refractivity contribution in [2.24, 2.45) is 5.41 Å². The highest BCUT2D eigenvalue weighted by Crippen LogP contribution is 2.43. The summed E-state index contributed by atoms with van der Waals surface area (Å²) >= 11 is 0. The summed E-state index contributed by atoms with van der Waals surface area (Å²) < 4.78 is 5.91. The van der Waals surface area contributed by atoms with Crippen LogP contribution in [0.1, 0.15) is 64.2 Å². The molecule has 0 radical (unpaired) electrons. The van der Waals surface area contributed by atoms with Gasteiger partial charge in [0.05, 0.1) is 6.61 Å². The second-order valence-corrected chi connectivity index (χ2v) is 5.96. The van der Waals surface area contributed by atoms with E-state index in [4.69, 9.17) is 14.5 Å². The smallest absolute Gasteiger partial charge is 0.323 e. The van der Waals surface area contributed by atoms with Gasteiger partial charge in [0.15, 0.2) is 0 Å². The fraction of sp³-hybridized carbons (Fsp3) is 1.00. The molecule has 3 aliphatic rings. The lowest BCUT2D eigenvalue weighted by Gasteiger charge is -2.39. The van der Waals surface area contributed by atoms with Crippen LogP contribution in [0.2, 0.25) is 0 Å². The Morgan fingerprint density at radius 3 is 1.79 bits per heavy atom. The Labute approximate surface area is 112 Å². The lowest BCUT2D eigenvalue weighted by molar-refractivity contribution is -0.830. The highest BCUT2D eigenvalue weighted by molar-refractivity contribution is 4.84. The van der Waals surface area contributed by atoms with Gasteiger partial charge in [-0.1, -0.05) is 32.1 Å². The summed E-state index contributed by atoms with van der Waals surface area (Å²) in [5.41, 5.74) is 0.264. The van der Waals surface area contributed by atoms with Gasteiger partial charge in [0.1, 0.15) is 0 Å². The standard InChI is InChI=1S/C13H22O6/c1-3-7-12(8-4-1)9-5-2-6-10-13(14-11-12)15-17-19-18-16-13/h1-11H2. The SMILES string of the molecule is C1CCC2(CC1)CCCCCC1(OC2)OOOOO1. The molecule has 2 spiro atoms. The van der Waals surface area contributed by atoms with Crippen molar-refractivity contribution in [2.45, 2.75) is 70.2 Å². The molecule has 0 unspecified atom stereocenters.